The Morgan fingerprint density at radius 2 is 2.11 bits per heavy atom. The zero-order chi connectivity index (χ0) is 13.0. The number of ether oxygens (including phenoxy) is 2. The van der Waals surface area contributed by atoms with E-state index in [-0.39, 0.29) is 12.7 Å². The third-order valence-electron chi connectivity index (χ3n) is 3.41. The van der Waals surface area contributed by atoms with Crippen LogP contribution in [0.25, 0.3) is 0 Å². The SMILES string of the molecule is COc1cccc([C@@H](N)CO)c1OC1CCCC1. The summed E-state index contributed by atoms with van der Waals surface area (Å²) in [6.07, 6.45) is 4.81. The summed E-state index contributed by atoms with van der Waals surface area (Å²) in [5.74, 6) is 1.37. The van der Waals surface area contributed by atoms with E-state index in [0.29, 0.717) is 11.5 Å². The molecule has 18 heavy (non-hydrogen) atoms. The van der Waals surface area contributed by atoms with Gasteiger partial charge in [-0.1, -0.05) is 12.1 Å². The quantitative estimate of drug-likeness (QED) is 0.840. The molecule has 4 heteroatoms. The fourth-order valence-corrected chi connectivity index (χ4v) is 2.38. The van der Waals surface area contributed by atoms with E-state index in [1.807, 2.05) is 18.2 Å². The van der Waals surface area contributed by atoms with Crippen LogP contribution in [0.5, 0.6) is 11.5 Å². The summed E-state index contributed by atoms with van der Waals surface area (Å²) in [5, 5.41) is 9.22. The number of rotatable bonds is 5. The lowest BCUT2D eigenvalue weighted by molar-refractivity contribution is 0.194. The van der Waals surface area contributed by atoms with Gasteiger partial charge in [-0.3, -0.25) is 0 Å². The largest absolute Gasteiger partial charge is 0.493 e. The van der Waals surface area contributed by atoms with E-state index in [4.69, 9.17) is 15.2 Å². The normalized spacial score (nSPS) is 17.7. The third-order valence-corrected chi connectivity index (χ3v) is 3.41. The molecule has 3 N–H and O–H groups in total. The molecule has 1 atom stereocenters. The van der Waals surface area contributed by atoms with Gasteiger partial charge in [-0.25, -0.2) is 0 Å². The number of aliphatic hydroxyl groups excluding tert-OH is 1. The molecule has 100 valence electrons. The Kier molecular flexibility index (Phi) is 4.44. The highest BCUT2D eigenvalue weighted by Crippen LogP contribution is 2.36. The highest BCUT2D eigenvalue weighted by atomic mass is 16.5. The second-order valence-corrected chi connectivity index (χ2v) is 4.69. The van der Waals surface area contributed by atoms with Crippen molar-refractivity contribution in [2.24, 2.45) is 5.73 Å². The van der Waals surface area contributed by atoms with E-state index >= 15 is 0 Å². The molecule has 0 radical (unpaired) electrons. The molecule has 0 bridgehead atoms. The third kappa shape index (κ3) is 2.76. The predicted molar refractivity (Wildman–Crippen MR) is 69.9 cm³/mol. The van der Waals surface area contributed by atoms with Gasteiger partial charge in [-0.15, -0.1) is 0 Å². The second-order valence-electron chi connectivity index (χ2n) is 4.69. The van der Waals surface area contributed by atoms with Crippen molar-refractivity contribution in [1.82, 2.24) is 0 Å². The summed E-state index contributed by atoms with van der Waals surface area (Å²) in [7, 11) is 1.62. The minimum Gasteiger partial charge on any atom is -0.493 e. The Hall–Kier alpha value is -1.26. The standard InChI is InChI=1S/C14H21NO3/c1-17-13-8-4-7-11(12(15)9-16)14(13)18-10-5-2-3-6-10/h4,7-8,10,12,16H,2-3,5-6,9,15H2,1H3/t12-/m0/s1. The molecule has 1 aromatic rings. The molecule has 1 aliphatic carbocycles. The Morgan fingerprint density at radius 3 is 2.72 bits per heavy atom. The van der Waals surface area contributed by atoms with Crippen molar-refractivity contribution in [2.45, 2.75) is 37.8 Å². The minimum absolute atomic E-state index is 0.103. The van der Waals surface area contributed by atoms with Gasteiger partial charge in [0.05, 0.1) is 25.9 Å². The molecule has 0 heterocycles. The molecule has 0 unspecified atom stereocenters. The molecular weight excluding hydrogens is 230 g/mol. The zero-order valence-corrected chi connectivity index (χ0v) is 10.8. The molecule has 2 rings (SSSR count). The fourth-order valence-electron chi connectivity index (χ4n) is 2.38. The highest BCUT2D eigenvalue weighted by Gasteiger charge is 2.22. The van der Waals surface area contributed by atoms with Crippen LogP contribution >= 0.6 is 0 Å². The maximum absolute atomic E-state index is 9.22. The van der Waals surface area contributed by atoms with Crippen molar-refractivity contribution in [3.8, 4) is 11.5 Å². The van der Waals surface area contributed by atoms with Crippen LogP contribution < -0.4 is 15.2 Å². The van der Waals surface area contributed by atoms with Crippen LogP contribution in [0.15, 0.2) is 18.2 Å². The lowest BCUT2D eigenvalue weighted by Gasteiger charge is -2.21. The Labute approximate surface area is 108 Å². The van der Waals surface area contributed by atoms with Crippen molar-refractivity contribution in [2.75, 3.05) is 13.7 Å². The van der Waals surface area contributed by atoms with Gasteiger partial charge in [0.1, 0.15) is 0 Å². The molecule has 0 aromatic heterocycles. The number of aliphatic hydroxyl groups is 1. The molecule has 0 aliphatic heterocycles. The number of benzene rings is 1. The summed E-state index contributed by atoms with van der Waals surface area (Å²) < 4.78 is 11.4. The molecule has 4 nitrogen and oxygen atoms in total. The van der Waals surface area contributed by atoms with Crippen molar-refractivity contribution >= 4 is 0 Å². The Bertz CT molecular complexity index is 389. The van der Waals surface area contributed by atoms with Crippen LogP contribution in [0.2, 0.25) is 0 Å². The second kappa shape index (κ2) is 6.07. The number of para-hydroxylation sites is 1. The molecule has 0 amide bonds. The number of hydrogen-bond acceptors (Lipinski definition) is 4. The summed E-state index contributed by atoms with van der Waals surface area (Å²) in [6.45, 7) is -0.103. The molecule has 1 fully saturated rings. The van der Waals surface area contributed by atoms with E-state index < -0.39 is 6.04 Å². The van der Waals surface area contributed by atoms with Gasteiger partial charge < -0.3 is 20.3 Å². The van der Waals surface area contributed by atoms with Crippen molar-refractivity contribution in [3.63, 3.8) is 0 Å². The highest BCUT2D eigenvalue weighted by molar-refractivity contribution is 5.48. The van der Waals surface area contributed by atoms with Gasteiger partial charge in [0, 0.05) is 5.56 Å². The molecule has 1 aromatic carbocycles. The molecular formula is C14H21NO3. The Balaban J connectivity index is 2.27. The monoisotopic (exact) mass is 251 g/mol. The van der Waals surface area contributed by atoms with Crippen molar-refractivity contribution in [3.05, 3.63) is 23.8 Å². The average Bonchev–Trinajstić information content (AvgIpc) is 2.91. The summed E-state index contributed by atoms with van der Waals surface area (Å²) >= 11 is 0. The lowest BCUT2D eigenvalue weighted by atomic mass is 10.1. The van der Waals surface area contributed by atoms with E-state index in [1.54, 1.807) is 7.11 Å². The summed E-state index contributed by atoms with van der Waals surface area (Å²) in [5.41, 5.74) is 6.72. The topological polar surface area (TPSA) is 64.7 Å². The molecule has 0 saturated heterocycles. The molecule has 1 aliphatic rings. The first-order valence-corrected chi connectivity index (χ1v) is 6.46. The summed E-state index contributed by atoms with van der Waals surface area (Å²) in [6, 6.07) is 5.17. The molecule has 0 spiro atoms. The van der Waals surface area contributed by atoms with Gasteiger partial charge in [-0.2, -0.15) is 0 Å². The maximum atomic E-state index is 9.22. The van der Waals surface area contributed by atoms with Crippen LogP contribution in [0.1, 0.15) is 37.3 Å². The van der Waals surface area contributed by atoms with Crippen molar-refractivity contribution in [1.29, 1.82) is 0 Å². The fraction of sp³-hybridized carbons (Fsp3) is 0.571. The van der Waals surface area contributed by atoms with Gasteiger partial charge >= 0.3 is 0 Å². The van der Waals surface area contributed by atoms with Gasteiger partial charge in [-0.05, 0) is 31.7 Å². The smallest absolute Gasteiger partial charge is 0.166 e. The van der Waals surface area contributed by atoms with Crippen LogP contribution in [0, 0.1) is 0 Å². The summed E-state index contributed by atoms with van der Waals surface area (Å²) in [4.78, 5) is 0. The first-order valence-electron chi connectivity index (χ1n) is 6.46. The van der Waals surface area contributed by atoms with Crippen LogP contribution in [0.4, 0.5) is 0 Å². The van der Waals surface area contributed by atoms with Crippen LogP contribution in [-0.4, -0.2) is 24.9 Å². The Morgan fingerprint density at radius 1 is 1.39 bits per heavy atom. The van der Waals surface area contributed by atoms with Crippen LogP contribution in [0.3, 0.4) is 0 Å². The zero-order valence-electron chi connectivity index (χ0n) is 10.8. The predicted octanol–water partition coefficient (Wildman–Crippen LogP) is 2.01. The maximum Gasteiger partial charge on any atom is 0.166 e. The minimum atomic E-state index is -0.434. The van der Waals surface area contributed by atoms with Gasteiger partial charge in [0.2, 0.25) is 0 Å². The van der Waals surface area contributed by atoms with Crippen molar-refractivity contribution < 1.29 is 14.6 Å². The van der Waals surface area contributed by atoms with E-state index in [1.165, 1.54) is 12.8 Å². The van der Waals surface area contributed by atoms with E-state index in [9.17, 15) is 5.11 Å². The lowest BCUT2D eigenvalue weighted by Crippen LogP contribution is -2.19. The van der Waals surface area contributed by atoms with Gasteiger partial charge in [0.15, 0.2) is 11.5 Å². The van der Waals surface area contributed by atoms with Crippen LogP contribution in [-0.2, 0) is 0 Å². The first-order chi connectivity index (χ1) is 8.76. The number of hydrogen-bond donors (Lipinski definition) is 2. The number of nitrogens with two attached hydrogens (primary N) is 1. The first kappa shape index (κ1) is 13.2. The number of methoxy groups -OCH3 is 1. The van der Waals surface area contributed by atoms with E-state index in [0.717, 1.165) is 18.4 Å². The molecule has 1 saturated carbocycles. The van der Waals surface area contributed by atoms with Gasteiger partial charge in [0.25, 0.3) is 0 Å². The average molecular weight is 251 g/mol. The van der Waals surface area contributed by atoms with E-state index in [2.05, 4.69) is 0 Å².